The van der Waals surface area contributed by atoms with Crippen molar-refractivity contribution in [2.24, 2.45) is 5.92 Å². The molecule has 2 rings (SSSR count). The van der Waals surface area contributed by atoms with Crippen LogP contribution in [0.5, 0.6) is 0 Å². The average molecular weight is 255 g/mol. The second-order valence-corrected chi connectivity index (χ2v) is 7.07. The van der Waals surface area contributed by atoms with Gasteiger partial charge in [-0.25, -0.2) is 0 Å². The van der Waals surface area contributed by atoms with E-state index in [4.69, 9.17) is 0 Å². The second-order valence-electron chi connectivity index (χ2n) is 5.59. The van der Waals surface area contributed by atoms with Gasteiger partial charge in [0.2, 0.25) is 0 Å². The predicted molar refractivity (Wildman–Crippen MR) is 74.5 cm³/mol. The third-order valence-electron chi connectivity index (χ3n) is 4.43. The Morgan fingerprint density at radius 1 is 1.24 bits per heavy atom. The first-order chi connectivity index (χ1) is 8.18. The van der Waals surface area contributed by atoms with Crippen molar-refractivity contribution in [1.82, 2.24) is 4.90 Å². The van der Waals surface area contributed by atoms with Gasteiger partial charge in [0.1, 0.15) is 5.78 Å². The first-order valence-corrected chi connectivity index (χ1v) is 8.11. The SMILES string of the molecule is CC1SCCN(CC(=O)C2CCCCC2)C1C. The van der Waals surface area contributed by atoms with E-state index < -0.39 is 0 Å². The summed E-state index contributed by atoms with van der Waals surface area (Å²) in [6.45, 7) is 6.35. The minimum Gasteiger partial charge on any atom is -0.298 e. The topological polar surface area (TPSA) is 20.3 Å². The van der Waals surface area contributed by atoms with Crippen molar-refractivity contribution in [2.45, 2.75) is 57.2 Å². The van der Waals surface area contributed by atoms with Crippen LogP contribution < -0.4 is 0 Å². The molecule has 2 atom stereocenters. The van der Waals surface area contributed by atoms with E-state index in [1.807, 2.05) is 11.8 Å². The van der Waals surface area contributed by atoms with Crippen LogP contribution in [0.4, 0.5) is 0 Å². The van der Waals surface area contributed by atoms with Crippen LogP contribution in [0.1, 0.15) is 46.0 Å². The minimum atomic E-state index is 0.376. The molecule has 1 saturated carbocycles. The molecule has 0 aromatic rings. The molecule has 1 saturated heterocycles. The number of rotatable bonds is 3. The summed E-state index contributed by atoms with van der Waals surface area (Å²) in [5.74, 6) is 2.07. The van der Waals surface area contributed by atoms with Gasteiger partial charge in [-0.2, -0.15) is 11.8 Å². The first kappa shape index (κ1) is 13.4. The van der Waals surface area contributed by atoms with Crippen molar-refractivity contribution in [3.8, 4) is 0 Å². The molecule has 2 nitrogen and oxygen atoms in total. The van der Waals surface area contributed by atoms with E-state index in [1.165, 1.54) is 25.0 Å². The van der Waals surface area contributed by atoms with E-state index in [1.54, 1.807) is 0 Å². The summed E-state index contributed by atoms with van der Waals surface area (Å²) in [5, 5.41) is 0.669. The van der Waals surface area contributed by atoms with Gasteiger partial charge in [0.15, 0.2) is 0 Å². The Balaban J connectivity index is 1.84. The summed E-state index contributed by atoms with van der Waals surface area (Å²) in [4.78, 5) is 14.7. The Hall–Kier alpha value is -0.0200. The summed E-state index contributed by atoms with van der Waals surface area (Å²) in [6.07, 6.45) is 6.14. The zero-order chi connectivity index (χ0) is 12.3. The van der Waals surface area contributed by atoms with Gasteiger partial charge >= 0.3 is 0 Å². The van der Waals surface area contributed by atoms with Crippen molar-refractivity contribution in [3.63, 3.8) is 0 Å². The van der Waals surface area contributed by atoms with Crippen LogP contribution in [0.15, 0.2) is 0 Å². The van der Waals surface area contributed by atoms with Gasteiger partial charge in [0.05, 0.1) is 6.54 Å². The van der Waals surface area contributed by atoms with Gasteiger partial charge in [-0.15, -0.1) is 0 Å². The molecule has 0 bridgehead atoms. The van der Waals surface area contributed by atoms with Crippen LogP contribution >= 0.6 is 11.8 Å². The zero-order valence-corrected chi connectivity index (χ0v) is 12.0. The van der Waals surface area contributed by atoms with Crippen LogP contribution in [0, 0.1) is 5.92 Å². The van der Waals surface area contributed by atoms with Crippen LogP contribution in [-0.2, 0) is 4.79 Å². The first-order valence-electron chi connectivity index (χ1n) is 7.07. The van der Waals surface area contributed by atoms with Crippen LogP contribution in [0.2, 0.25) is 0 Å². The van der Waals surface area contributed by atoms with Crippen LogP contribution in [0.25, 0.3) is 0 Å². The molecule has 2 fully saturated rings. The molecule has 17 heavy (non-hydrogen) atoms. The Morgan fingerprint density at radius 3 is 2.65 bits per heavy atom. The lowest BCUT2D eigenvalue weighted by atomic mass is 9.86. The van der Waals surface area contributed by atoms with Crippen molar-refractivity contribution in [3.05, 3.63) is 0 Å². The average Bonchev–Trinajstić information content (AvgIpc) is 2.36. The highest BCUT2D eigenvalue weighted by Crippen LogP contribution is 2.27. The maximum atomic E-state index is 12.3. The van der Waals surface area contributed by atoms with Gasteiger partial charge in [0.25, 0.3) is 0 Å². The standard InChI is InChI=1S/C14H25NOS/c1-11-12(2)17-9-8-15(11)10-14(16)13-6-4-3-5-7-13/h11-13H,3-10H2,1-2H3. The quantitative estimate of drug-likeness (QED) is 0.773. The van der Waals surface area contributed by atoms with E-state index in [0.717, 1.165) is 19.4 Å². The van der Waals surface area contributed by atoms with E-state index >= 15 is 0 Å². The normalized spacial score (nSPS) is 32.6. The summed E-state index contributed by atoms with van der Waals surface area (Å²) in [5.41, 5.74) is 0. The number of Topliss-reactive ketones (excluding diaryl/α,β-unsaturated/α-hetero) is 1. The molecule has 1 aliphatic carbocycles. The fourth-order valence-electron chi connectivity index (χ4n) is 2.97. The summed E-state index contributed by atoms with van der Waals surface area (Å²) in [6, 6.07) is 0.557. The molecule has 0 aromatic carbocycles. The number of nitrogens with zero attached hydrogens (tertiary/aromatic N) is 1. The van der Waals surface area contributed by atoms with E-state index in [9.17, 15) is 4.79 Å². The Bertz CT molecular complexity index is 263. The third-order valence-corrected chi connectivity index (χ3v) is 5.77. The number of thioether (sulfide) groups is 1. The number of carbonyl (C=O) groups excluding carboxylic acids is 1. The molecule has 0 amide bonds. The highest BCUT2D eigenvalue weighted by atomic mass is 32.2. The summed E-state index contributed by atoms with van der Waals surface area (Å²) in [7, 11) is 0. The molecule has 0 spiro atoms. The summed E-state index contributed by atoms with van der Waals surface area (Å²) >= 11 is 2.04. The summed E-state index contributed by atoms with van der Waals surface area (Å²) < 4.78 is 0. The van der Waals surface area contributed by atoms with E-state index in [-0.39, 0.29) is 0 Å². The lowest BCUT2D eigenvalue weighted by Crippen LogP contribution is -2.47. The second kappa shape index (κ2) is 6.24. The largest absolute Gasteiger partial charge is 0.298 e. The fourth-order valence-corrected chi connectivity index (χ4v) is 4.13. The number of hydrogen-bond donors (Lipinski definition) is 0. The van der Waals surface area contributed by atoms with Gasteiger partial charge in [-0.1, -0.05) is 26.2 Å². The molecular weight excluding hydrogens is 230 g/mol. The lowest BCUT2D eigenvalue weighted by molar-refractivity contribution is -0.125. The maximum Gasteiger partial charge on any atom is 0.149 e. The third kappa shape index (κ3) is 3.47. The minimum absolute atomic E-state index is 0.376. The van der Waals surface area contributed by atoms with E-state index in [0.29, 0.717) is 29.5 Å². The molecule has 0 radical (unpaired) electrons. The highest BCUT2D eigenvalue weighted by Gasteiger charge is 2.29. The Labute approximate surface area is 110 Å². The molecule has 3 heteroatoms. The van der Waals surface area contributed by atoms with Crippen molar-refractivity contribution >= 4 is 17.5 Å². The van der Waals surface area contributed by atoms with Crippen molar-refractivity contribution in [1.29, 1.82) is 0 Å². The van der Waals surface area contributed by atoms with Gasteiger partial charge in [-0.3, -0.25) is 9.69 Å². The number of carbonyl (C=O) groups is 1. The molecular formula is C14H25NOS. The molecule has 0 aromatic heterocycles. The molecule has 1 aliphatic heterocycles. The van der Waals surface area contributed by atoms with Gasteiger partial charge in [-0.05, 0) is 19.8 Å². The predicted octanol–water partition coefficient (Wildman–Crippen LogP) is 2.96. The van der Waals surface area contributed by atoms with Crippen LogP contribution in [-0.4, -0.2) is 40.8 Å². The monoisotopic (exact) mass is 255 g/mol. The highest BCUT2D eigenvalue weighted by molar-refractivity contribution is 8.00. The fraction of sp³-hybridized carbons (Fsp3) is 0.929. The Kier molecular flexibility index (Phi) is 4.92. The van der Waals surface area contributed by atoms with Gasteiger partial charge < -0.3 is 0 Å². The van der Waals surface area contributed by atoms with Gasteiger partial charge in [0, 0.05) is 29.5 Å². The number of hydrogen-bond acceptors (Lipinski definition) is 3. The molecule has 1 heterocycles. The lowest BCUT2D eigenvalue weighted by Gasteiger charge is -2.37. The van der Waals surface area contributed by atoms with Crippen LogP contribution in [0.3, 0.4) is 0 Å². The smallest absolute Gasteiger partial charge is 0.149 e. The molecule has 2 unspecified atom stereocenters. The molecule has 2 aliphatic rings. The molecule has 0 N–H and O–H groups in total. The van der Waals surface area contributed by atoms with Crippen molar-refractivity contribution in [2.75, 3.05) is 18.8 Å². The van der Waals surface area contributed by atoms with E-state index in [2.05, 4.69) is 18.7 Å². The van der Waals surface area contributed by atoms with Crippen molar-refractivity contribution < 1.29 is 4.79 Å². The number of ketones is 1. The Morgan fingerprint density at radius 2 is 1.94 bits per heavy atom. The maximum absolute atomic E-state index is 12.3. The molecule has 98 valence electrons. The zero-order valence-electron chi connectivity index (χ0n) is 11.2.